The Labute approximate surface area is 285 Å². The summed E-state index contributed by atoms with van der Waals surface area (Å²) in [6, 6.07) is 12.9. The zero-order valence-corrected chi connectivity index (χ0v) is 28.2. The Bertz CT molecular complexity index is 1470. The average Bonchev–Trinajstić information content (AvgIpc) is 3.09. The SMILES string of the molecule is CCCCCCCCNC(=O)C(NC(=O)c1ccc(Nc2nc(NCc3ccc(C)cc3)nc(OCC(F)(F)F)n2)cc1)C1CCCNC1. The molecule has 1 saturated heterocycles. The van der Waals surface area contributed by atoms with Gasteiger partial charge >= 0.3 is 12.2 Å². The number of rotatable bonds is 18. The number of alkyl halides is 3. The summed E-state index contributed by atoms with van der Waals surface area (Å²) in [6.07, 6.45) is 3.88. The molecule has 1 fully saturated rings. The topological polar surface area (TPSA) is 142 Å². The van der Waals surface area contributed by atoms with Crippen LogP contribution in [0.1, 0.15) is 79.8 Å². The molecule has 11 nitrogen and oxygen atoms in total. The van der Waals surface area contributed by atoms with E-state index in [9.17, 15) is 22.8 Å². The summed E-state index contributed by atoms with van der Waals surface area (Å²) in [5, 5.41) is 15.2. The van der Waals surface area contributed by atoms with Crippen molar-refractivity contribution in [3.63, 3.8) is 0 Å². The second-order valence-electron chi connectivity index (χ2n) is 12.3. The van der Waals surface area contributed by atoms with Crippen LogP contribution in [0.15, 0.2) is 48.5 Å². The quantitative estimate of drug-likeness (QED) is 0.101. The van der Waals surface area contributed by atoms with Crippen LogP contribution in [0.25, 0.3) is 0 Å². The Hall–Kier alpha value is -4.46. The van der Waals surface area contributed by atoms with Crippen LogP contribution in [0.3, 0.4) is 0 Å². The first kappa shape index (κ1) is 37.4. The van der Waals surface area contributed by atoms with Crippen LogP contribution < -0.4 is 31.3 Å². The lowest BCUT2D eigenvalue weighted by atomic mass is 9.90. The number of anilines is 3. The third-order valence-corrected chi connectivity index (χ3v) is 8.16. The molecule has 266 valence electrons. The maximum atomic E-state index is 13.3. The highest BCUT2D eigenvalue weighted by Crippen LogP contribution is 2.21. The molecule has 2 amide bonds. The van der Waals surface area contributed by atoms with Gasteiger partial charge in [0.25, 0.3) is 5.91 Å². The van der Waals surface area contributed by atoms with Crippen molar-refractivity contribution in [2.45, 2.75) is 84.0 Å². The lowest BCUT2D eigenvalue weighted by molar-refractivity contribution is -0.154. The van der Waals surface area contributed by atoms with E-state index in [4.69, 9.17) is 4.74 Å². The molecule has 14 heteroatoms. The van der Waals surface area contributed by atoms with E-state index in [0.717, 1.165) is 49.8 Å². The standard InChI is InChI=1S/C35H47F3N8O3/c1-3-4-5-6-7-8-20-40-31(48)29(27-10-9-19-39-22-27)43-30(47)26-15-17-28(18-16-26)42-33-44-32(41-21-25-13-11-24(2)12-14-25)45-34(46-33)49-23-35(36,37)38/h11-18,27,29,39H,3-10,19-23H2,1-2H3,(H,40,48)(H,43,47)(H2,41,42,44,45,46). The van der Waals surface area contributed by atoms with E-state index in [1.807, 2.05) is 31.2 Å². The highest BCUT2D eigenvalue weighted by molar-refractivity contribution is 5.98. The Morgan fingerprint density at radius 3 is 2.37 bits per heavy atom. The van der Waals surface area contributed by atoms with Crippen molar-refractivity contribution in [3.8, 4) is 6.01 Å². The van der Waals surface area contributed by atoms with Crippen LogP contribution in [0, 0.1) is 12.8 Å². The molecule has 5 N–H and O–H groups in total. The Morgan fingerprint density at radius 2 is 1.67 bits per heavy atom. The average molecular weight is 685 g/mol. The molecule has 0 bridgehead atoms. The van der Waals surface area contributed by atoms with Crippen LogP contribution in [-0.4, -0.2) is 65.2 Å². The summed E-state index contributed by atoms with van der Waals surface area (Å²) in [7, 11) is 0. The van der Waals surface area contributed by atoms with Crippen molar-refractivity contribution in [2.75, 3.05) is 36.9 Å². The number of halogens is 3. The van der Waals surface area contributed by atoms with E-state index in [-0.39, 0.29) is 29.6 Å². The van der Waals surface area contributed by atoms with E-state index in [1.165, 1.54) is 19.3 Å². The van der Waals surface area contributed by atoms with Crippen molar-refractivity contribution >= 4 is 29.4 Å². The second-order valence-corrected chi connectivity index (χ2v) is 12.3. The maximum Gasteiger partial charge on any atom is 0.422 e. The van der Waals surface area contributed by atoms with Crippen molar-refractivity contribution in [2.24, 2.45) is 5.92 Å². The lowest BCUT2D eigenvalue weighted by Crippen LogP contribution is -2.54. The molecule has 1 aromatic heterocycles. The van der Waals surface area contributed by atoms with Gasteiger partial charge in [0.05, 0.1) is 0 Å². The molecule has 0 radical (unpaired) electrons. The number of unbranched alkanes of at least 4 members (excludes halogenated alkanes) is 5. The van der Waals surface area contributed by atoms with E-state index >= 15 is 0 Å². The fourth-order valence-corrected chi connectivity index (χ4v) is 5.44. The van der Waals surface area contributed by atoms with Gasteiger partial charge in [-0.15, -0.1) is 0 Å². The number of hydrogen-bond donors (Lipinski definition) is 5. The van der Waals surface area contributed by atoms with Gasteiger partial charge in [0.1, 0.15) is 6.04 Å². The molecule has 2 unspecified atom stereocenters. The molecule has 0 spiro atoms. The number of benzene rings is 2. The first-order valence-electron chi connectivity index (χ1n) is 17.0. The molecule has 2 atom stereocenters. The third kappa shape index (κ3) is 13.2. The number of nitrogens with zero attached hydrogens (tertiary/aromatic N) is 3. The van der Waals surface area contributed by atoms with Gasteiger partial charge in [-0.2, -0.15) is 28.1 Å². The number of amides is 2. The first-order chi connectivity index (χ1) is 23.6. The predicted molar refractivity (Wildman–Crippen MR) is 183 cm³/mol. The summed E-state index contributed by atoms with van der Waals surface area (Å²) < 4.78 is 43.4. The van der Waals surface area contributed by atoms with Crippen molar-refractivity contribution in [1.82, 2.24) is 30.9 Å². The number of aryl methyl sites for hydroxylation is 1. The fourth-order valence-electron chi connectivity index (χ4n) is 5.44. The van der Waals surface area contributed by atoms with Crippen LogP contribution in [0.5, 0.6) is 6.01 Å². The second kappa shape index (κ2) is 18.9. The monoisotopic (exact) mass is 684 g/mol. The number of carbonyl (C=O) groups excluding carboxylic acids is 2. The number of ether oxygens (including phenoxy) is 1. The molecule has 0 aliphatic carbocycles. The molecule has 2 aromatic carbocycles. The fraction of sp³-hybridized carbons (Fsp3) is 0.514. The van der Waals surface area contributed by atoms with Crippen molar-refractivity contribution < 1.29 is 27.5 Å². The molecule has 1 aliphatic rings. The largest absolute Gasteiger partial charge is 0.454 e. The number of piperidine rings is 1. The summed E-state index contributed by atoms with van der Waals surface area (Å²) in [5.74, 6) is -0.636. The van der Waals surface area contributed by atoms with Gasteiger partial charge in [-0.1, -0.05) is 68.9 Å². The normalized spacial score (nSPS) is 15.2. The van der Waals surface area contributed by atoms with Crippen LogP contribution in [0.2, 0.25) is 0 Å². The molecule has 1 aliphatic heterocycles. The summed E-state index contributed by atoms with van der Waals surface area (Å²) in [6.45, 7) is 4.99. The van der Waals surface area contributed by atoms with Gasteiger partial charge in [-0.05, 0) is 62.6 Å². The Balaban J connectivity index is 1.39. The van der Waals surface area contributed by atoms with E-state index in [2.05, 4.69) is 48.5 Å². The summed E-state index contributed by atoms with van der Waals surface area (Å²) >= 11 is 0. The third-order valence-electron chi connectivity index (χ3n) is 8.16. The molecule has 2 heterocycles. The minimum absolute atomic E-state index is 0.0178. The van der Waals surface area contributed by atoms with Gasteiger partial charge in [0, 0.05) is 36.8 Å². The summed E-state index contributed by atoms with van der Waals surface area (Å²) in [5.41, 5.74) is 2.82. The smallest absolute Gasteiger partial charge is 0.422 e. The minimum Gasteiger partial charge on any atom is -0.454 e. The molecular weight excluding hydrogens is 637 g/mol. The van der Waals surface area contributed by atoms with Crippen LogP contribution >= 0.6 is 0 Å². The first-order valence-corrected chi connectivity index (χ1v) is 17.0. The van der Waals surface area contributed by atoms with Crippen molar-refractivity contribution in [1.29, 1.82) is 0 Å². The Kier molecular flexibility index (Phi) is 14.4. The van der Waals surface area contributed by atoms with Gasteiger partial charge in [-0.3, -0.25) is 9.59 Å². The van der Waals surface area contributed by atoms with Gasteiger partial charge in [0.15, 0.2) is 6.61 Å². The zero-order chi connectivity index (χ0) is 35.1. The van der Waals surface area contributed by atoms with E-state index in [0.29, 0.717) is 30.9 Å². The molecule has 3 aromatic rings. The highest BCUT2D eigenvalue weighted by atomic mass is 19.4. The zero-order valence-electron chi connectivity index (χ0n) is 28.2. The number of carbonyl (C=O) groups is 2. The lowest BCUT2D eigenvalue weighted by Gasteiger charge is -2.30. The highest BCUT2D eigenvalue weighted by Gasteiger charge is 2.31. The van der Waals surface area contributed by atoms with E-state index < -0.39 is 24.8 Å². The number of hydrogen-bond acceptors (Lipinski definition) is 9. The van der Waals surface area contributed by atoms with Gasteiger partial charge < -0.3 is 31.3 Å². The van der Waals surface area contributed by atoms with E-state index in [1.54, 1.807) is 24.3 Å². The van der Waals surface area contributed by atoms with Crippen LogP contribution in [0.4, 0.5) is 30.8 Å². The van der Waals surface area contributed by atoms with Gasteiger partial charge in [0.2, 0.25) is 17.8 Å². The maximum absolute atomic E-state index is 13.3. The Morgan fingerprint density at radius 1 is 0.959 bits per heavy atom. The predicted octanol–water partition coefficient (Wildman–Crippen LogP) is 6.05. The van der Waals surface area contributed by atoms with Crippen molar-refractivity contribution in [3.05, 3.63) is 65.2 Å². The van der Waals surface area contributed by atoms with Gasteiger partial charge in [-0.25, -0.2) is 0 Å². The minimum atomic E-state index is -4.58. The molecule has 49 heavy (non-hydrogen) atoms. The summed E-state index contributed by atoms with van der Waals surface area (Å²) in [4.78, 5) is 38.8. The number of nitrogens with one attached hydrogen (secondary N) is 5. The molecular formula is C35H47F3N8O3. The van der Waals surface area contributed by atoms with Crippen LogP contribution in [-0.2, 0) is 11.3 Å². The molecule has 0 saturated carbocycles. The number of aromatic nitrogens is 3. The molecule has 4 rings (SSSR count).